The van der Waals surface area contributed by atoms with E-state index >= 15 is 0 Å². The molecule has 28 heavy (non-hydrogen) atoms. The molecule has 146 valence electrons. The van der Waals surface area contributed by atoms with Crippen LogP contribution in [-0.2, 0) is 14.3 Å². The molecule has 1 aliphatic heterocycles. The molecule has 0 radical (unpaired) electrons. The first-order chi connectivity index (χ1) is 13.4. The standard InChI is InChI=1S/C18H16ClN3O6/c19-10-5-6-11(12(20)7-10)18(25)27-9-16(23)21-22-17(24)15-8-26-13-3-1-2-4-14(13)28-15/h1-7,15H,8-9,20H2,(H,21,23)(H,22,24)/t15-/m1/s1. The second-order valence-corrected chi connectivity index (χ2v) is 6.15. The number of para-hydroxylation sites is 2. The third-order valence-corrected chi connectivity index (χ3v) is 3.93. The van der Waals surface area contributed by atoms with Gasteiger partial charge in [-0.05, 0) is 30.3 Å². The zero-order chi connectivity index (χ0) is 20.1. The molecule has 9 nitrogen and oxygen atoms in total. The summed E-state index contributed by atoms with van der Waals surface area (Å²) in [6, 6.07) is 11.1. The van der Waals surface area contributed by atoms with Crippen LogP contribution in [0.4, 0.5) is 5.69 Å². The Morgan fingerprint density at radius 1 is 1.14 bits per heavy atom. The molecular weight excluding hydrogens is 390 g/mol. The van der Waals surface area contributed by atoms with Crippen LogP contribution in [0, 0.1) is 0 Å². The van der Waals surface area contributed by atoms with Gasteiger partial charge in [0.05, 0.1) is 5.56 Å². The van der Waals surface area contributed by atoms with E-state index in [2.05, 4.69) is 10.9 Å². The Balaban J connectivity index is 1.44. The minimum atomic E-state index is -0.938. The summed E-state index contributed by atoms with van der Waals surface area (Å²) in [4.78, 5) is 35.8. The predicted molar refractivity (Wildman–Crippen MR) is 98.8 cm³/mol. The van der Waals surface area contributed by atoms with E-state index in [9.17, 15) is 14.4 Å². The first kappa shape index (κ1) is 19.3. The van der Waals surface area contributed by atoms with Gasteiger partial charge in [0.1, 0.15) is 6.61 Å². The second-order valence-electron chi connectivity index (χ2n) is 5.71. The summed E-state index contributed by atoms with van der Waals surface area (Å²) in [5.41, 5.74) is 10.2. The summed E-state index contributed by atoms with van der Waals surface area (Å²) in [5, 5.41) is 0.367. The van der Waals surface area contributed by atoms with Crippen molar-refractivity contribution in [2.75, 3.05) is 18.9 Å². The Morgan fingerprint density at radius 2 is 1.89 bits per heavy atom. The lowest BCUT2D eigenvalue weighted by molar-refractivity contribution is -0.135. The average molecular weight is 406 g/mol. The van der Waals surface area contributed by atoms with Crippen LogP contribution in [-0.4, -0.2) is 37.1 Å². The fraction of sp³-hybridized carbons (Fsp3) is 0.167. The number of rotatable bonds is 4. The SMILES string of the molecule is Nc1cc(Cl)ccc1C(=O)OCC(=O)NNC(=O)[C@H]1COc2ccccc2O1. The summed E-state index contributed by atoms with van der Waals surface area (Å²) in [7, 11) is 0. The van der Waals surface area contributed by atoms with E-state index in [0.717, 1.165) is 0 Å². The Hall–Kier alpha value is -3.46. The van der Waals surface area contributed by atoms with Crippen LogP contribution in [0.2, 0.25) is 5.02 Å². The van der Waals surface area contributed by atoms with Gasteiger partial charge in [-0.1, -0.05) is 23.7 Å². The van der Waals surface area contributed by atoms with Crippen molar-refractivity contribution in [1.82, 2.24) is 10.9 Å². The van der Waals surface area contributed by atoms with E-state index in [-0.39, 0.29) is 17.9 Å². The molecule has 4 N–H and O–H groups in total. The van der Waals surface area contributed by atoms with Gasteiger partial charge in [-0.2, -0.15) is 0 Å². The van der Waals surface area contributed by atoms with Crippen LogP contribution in [0.5, 0.6) is 11.5 Å². The van der Waals surface area contributed by atoms with Gasteiger partial charge in [-0.25, -0.2) is 4.79 Å². The van der Waals surface area contributed by atoms with Crippen molar-refractivity contribution in [3.05, 3.63) is 53.1 Å². The largest absolute Gasteiger partial charge is 0.485 e. The molecule has 10 heteroatoms. The monoisotopic (exact) mass is 405 g/mol. The number of carbonyl (C=O) groups excluding carboxylic acids is 3. The summed E-state index contributed by atoms with van der Waals surface area (Å²) in [6.45, 7) is -0.629. The molecule has 3 rings (SSSR count). The maximum atomic E-state index is 12.1. The highest BCUT2D eigenvalue weighted by atomic mass is 35.5. The summed E-state index contributed by atoms with van der Waals surface area (Å²) in [5.74, 6) is -1.20. The van der Waals surface area contributed by atoms with E-state index in [1.807, 2.05) is 0 Å². The van der Waals surface area contributed by atoms with E-state index in [4.69, 9.17) is 31.5 Å². The fourth-order valence-corrected chi connectivity index (χ4v) is 2.51. The number of nitrogens with one attached hydrogen (secondary N) is 2. The quantitative estimate of drug-likeness (QED) is 0.394. The lowest BCUT2D eigenvalue weighted by Crippen LogP contribution is -2.51. The highest BCUT2D eigenvalue weighted by molar-refractivity contribution is 6.31. The van der Waals surface area contributed by atoms with Crippen molar-refractivity contribution in [3.63, 3.8) is 0 Å². The molecule has 0 bridgehead atoms. The van der Waals surface area contributed by atoms with Crippen molar-refractivity contribution < 1.29 is 28.6 Å². The summed E-state index contributed by atoms with van der Waals surface area (Å²) >= 11 is 5.76. The van der Waals surface area contributed by atoms with Crippen molar-refractivity contribution in [3.8, 4) is 11.5 Å². The van der Waals surface area contributed by atoms with Crippen molar-refractivity contribution in [2.24, 2.45) is 0 Å². The van der Waals surface area contributed by atoms with Gasteiger partial charge in [0.25, 0.3) is 11.8 Å². The molecular formula is C18H16ClN3O6. The number of hydrogen-bond acceptors (Lipinski definition) is 7. The number of benzene rings is 2. The summed E-state index contributed by atoms with van der Waals surface area (Å²) < 4.78 is 15.8. The number of hydrazine groups is 1. The molecule has 0 aliphatic carbocycles. The molecule has 0 spiro atoms. The number of amides is 2. The average Bonchev–Trinajstić information content (AvgIpc) is 2.69. The number of fused-ring (bicyclic) bond motifs is 1. The molecule has 1 aliphatic rings. The molecule has 0 fully saturated rings. The number of hydrogen-bond donors (Lipinski definition) is 3. The number of nitrogen functional groups attached to an aromatic ring is 1. The normalized spacial score (nSPS) is 14.7. The van der Waals surface area contributed by atoms with E-state index in [0.29, 0.717) is 16.5 Å². The van der Waals surface area contributed by atoms with Gasteiger partial charge in [0, 0.05) is 10.7 Å². The number of ether oxygens (including phenoxy) is 3. The van der Waals surface area contributed by atoms with Crippen LogP contribution in [0.25, 0.3) is 0 Å². The third kappa shape index (κ3) is 4.63. The zero-order valence-electron chi connectivity index (χ0n) is 14.4. The Labute approximate surface area is 164 Å². The number of halogens is 1. The third-order valence-electron chi connectivity index (χ3n) is 3.69. The van der Waals surface area contributed by atoms with Crippen LogP contribution in [0.15, 0.2) is 42.5 Å². The highest BCUT2D eigenvalue weighted by Crippen LogP contribution is 2.30. The first-order valence-electron chi connectivity index (χ1n) is 8.13. The fourth-order valence-electron chi connectivity index (χ4n) is 2.32. The number of anilines is 1. The molecule has 0 aromatic heterocycles. The van der Waals surface area contributed by atoms with Crippen LogP contribution in [0.3, 0.4) is 0 Å². The lowest BCUT2D eigenvalue weighted by Gasteiger charge is -2.25. The van der Waals surface area contributed by atoms with Crippen LogP contribution < -0.4 is 26.1 Å². The summed E-state index contributed by atoms with van der Waals surface area (Å²) in [6.07, 6.45) is -0.938. The maximum absolute atomic E-state index is 12.1. The first-order valence-corrected chi connectivity index (χ1v) is 8.51. The molecule has 1 heterocycles. The van der Waals surface area contributed by atoms with Crippen LogP contribution >= 0.6 is 11.6 Å². The molecule has 2 aromatic rings. The Morgan fingerprint density at radius 3 is 2.64 bits per heavy atom. The van der Waals surface area contributed by atoms with Gasteiger partial charge in [0.15, 0.2) is 18.1 Å². The Bertz CT molecular complexity index is 920. The second kappa shape index (κ2) is 8.49. The molecule has 0 saturated heterocycles. The van der Waals surface area contributed by atoms with Crippen molar-refractivity contribution >= 4 is 35.1 Å². The number of esters is 1. The number of nitrogens with two attached hydrogens (primary N) is 1. The molecule has 0 unspecified atom stereocenters. The Kier molecular flexibility index (Phi) is 5.85. The van der Waals surface area contributed by atoms with Gasteiger partial charge in [-0.15, -0.1) is 0 Å². The molecule has 2 amide bonds. The van der Waals surface area contributed by atoms with E-state index < -0.39 is 30.5 Å². The molecule has 2 aromatic carbocycles. The van der Waals surface area contributed by atoms with Gasteiger partial charge in [-0.3, -0.25) is 20.4 Å². The predicted octanol–water partition coefficient (Wildman–Crippen LogP) is 1.07. The lowest BCUT2D eigenvalue weighted by atomic mass is 10.2. The van der Waals surface area contributed by atoms with E-state index in [1.54, 1.807) is 24.3 Å². The topological polar surface area (TPSA) is 129 Å². The van der Waals surface area contributed by atoms with E-state index in [1.165, 1.54) is 18.2 Å². The maximum Gasteiger partial charge on any atom is 0.340 e. The smallest absolute Gasteiger partial charge is 0.340 e. The minimum absolute atomic E-state index is 0.0104. The van der Waals surface area contributed by atoms with Gasteiger partial charge < -0.3 is 19.9 Å². The van der Waals surface area contributed by atoms with Gasteiger partial charge >= 0.3 is 5.97 Å². The van der Waals surface area contributed by atoms with Crippen LogP contribution in [0.1, 0.15) is 10.4 Å². The molecule has 1 atom stereocenters. The highest BCUT2D eigenvalue weighted by Gasteiger charge is 2.27. The zero-order valence-corrected chi connectivity index (χ0v) is 15.2. The van der Waals surface area contributed by atoms with Gasteiger partial charge in [0.2, 0.25) is 6.10 Å². The molecule has 0 saturated carbocycles. The van der Waals surface area contributed by atoms with Crippen molar-refractivity contribution in [2.45, 2.75) is 6.10 Å². The minimum Gasteiger partial charge on any atom is -0.485 e. The number of carbonyl (C=O) groups is 3. The van der Waals surface area contributed by atoms with Crippen molar-refractivity contribution in [1.29, 1.82) is 0 Å².